The van der Waals surface area contributed by atoms with E-state index in [1.54, 1.807) is 6.07 Å². The van der Waals surface area contributed by atoms with Crippen LogP contribution in [-0.4, -0.2) is 10.9 Å². The van der Waals surface area contributed by atoms with Crippen molar-refractivity contribution < 1.29 is 9.90 Å². The molecule has 1 spiro atoms. The summed E-state index contributed by atoms with van der Waals surface area (Å²) in [6, 6.07) is 5.58. The highest BCUT2D eigenvalue weighted by atomic mass is 16.3. The topological polar surface area (TPSA) is 37.3 Å². The molecule has 1 aromatic carbocycles. The van der Waals surface area contributed by atoms with Gasteiger partial charge in [0.05, 0.1) is 5.41 Å². The van der Waals surface area contributed by atoms with Gasteiger partial charge < -0.3 is 5.11 Å². The van der Waals surface area contributed by atoms with E-state index in [2.05, 4.69) is 0 Å². The van der Waals surface area contributed by atoms with Gasteiger partial charge in [-0.1, -0.05) is 12.1 Å². The van der Waals surface area contributed by atoms with Gasteiger partial charge in [0.2, 0.25) is 0 Å². The van der Waals surface area contributed by atoms with Crippen molar-refractivity contribution in [2.24, 2.45) is 0 Å². The fraction of sp³-hybridized carbons (Fsp3) is 0.417. The second-order valence-electron chi connectivity index (χ2n) is 4.32. The Balaban J connectivity index is 2.25. The van der Waals surface area contributed by atoms with Crippen molar-refractivity contribution in [1.29, 1.82) is 0 Å². The lowest BCUT2D eigenvalue weighted by Gasteiger charge is -2.24. The molecule has 0 amide bonds. The summed E-state index contributed by atoms with van der Waals surface area (Å²) < 4.78 is 0. The molecule has 14 heavy (non-hydrogen) atoms. The molecule has 0 aliphatic heterocycles. The number of aryl methyl sites for hydroxylation is 1. The standard InChI is InChI=1S/C12H12O2/c13-9-3-1-2-8-4-5-10(14)12(6-7-12)11(8)9/h1-3,13H,4-7H2. The Morgan fingerprint density at radius 1 is 1.21 bits per heavy atom. The fourth-order valence-corrected chi connectivity index (χ4v) is 2.63. The molecular weight excluding hydrogens is 176 g/mol. The maximum Gasteiger partial charge on any atom is 0.143 e. The van der Waals surface area contributed by atoms with E-state index in [0.717, 1.165) is 24.8 Å². The maximum atomic E-state index is 11.8. The molecule has 0 heterocycles. The number of ketones is 1. The summed E-state index contributed by atoms with van der Waals surface area (Å²) in [4.78, 5) is 11.8. The molecule has 3 rings (SSSR count). The molecule has 1 aromatic rings. The average molecular weight is 188 g/mol. The fourth-order valence-electron chi connectivity index (χ4n) is 2.63. The van der Waals surface area contributed by atoms with Crippen molar-refractivity contribution >= 4 is 5.78 Å². The highest BCUT2D eigenvalue weighted by Crippen LogP contribution is 2.55. The molecule has 0 saturated heterocycles. The predicted octanol–water partition coefficient (Wildman–Crippen LogP) is 1.94. The van der Waals surface area contributed by atoms with Crippen molar-refractivity contribution in [1.82, 2.24) is 0 Å². The largest absolute Gasteiger partial charge is 0.508 e. The lowest BCUT2D eigenvalue weighted by molar-refractivity contribution is -0.122. The van der Waals surface area contributed by atoms with Crippen LogP contribution in [0.2, 0.25) is 0 Å². The summed E-state index contributed by atoms with van der Waals surface area (Å²) in [7, 11) is 0. The first-order chi connectivity index (χ1) is 6.74. The third-order valence-electron chi connectivity index (χ3n) is 3.51. The van der Waals surface area contributed by atoms with Crippen molar-refractivity contribution in [2.75, 3.05) is 0 Å². The Hall–Kier alpha value is -1.31. The van der Waals surface area contributed by atoms with Crippen LogP contribution in [-0.2, 0) is 16.6 Å². The van der Waals surface area contributed by atoms with Gasteiger partial charge in [-0.15, -0.1) is 0 Å². The SMILES string of the molecule is O=C1CCc2cccc(O)c2C12CC2. The van der Waals surface area contributed by atoms with Crippen LogP contribution in [0.1, 0.15) is 30.4 Å². The van der Waals surface area contributed by atoms with E-state index in [9.17, 15) is 9.90 Å². The minimum absolute atomic E-state index is 0.279. The Morgan fingerprint density at radius 3 is 2.71 bits per heavy atom. The van der Waals surface area contributed by atoms with Gasteiger partial charge in [-0.3, -0.25) is 4.79 Å². The molecule has 72 valence electrons. The van der Waals surface area contributed by atoms with Gasteiger partial charge in [-0.2, -0.15) is 0 Å². The van der Waals surface area contributed by atoms with Crippen molar-refractivity contribution in [3.05, 3.63) is 29.3 Å². The molecule has 0 atom stereocenters. The van der Waals surface area contributed by atoms with E-state index >= 15 is 0 Å². The van der Waals surface area contributed by atoms with Crippen molar-refractivity contribution in [3.63, 3.8) is 0 Å². The quantitative estimate of drug-likeness (QED) is 0.675. The van der Waals surface area contributed by atoms with Crippen LogP contribution in [0.25, 0.3) is 0 Å². The zero-order chi connectivity index (χ0) is 9.76. The van der Waals surface area contributed by atoms with Gasteiger partial charge in [0.1, 0.15) is 11.5 Å². The Labute approximate surface area is 82.6 Å². The third kappa shape index (κ3) is 0.834. The summed E-state index contributed by atoms with van der Waals surface area (Å²) in [5, 5.41) is 9.80. The average Bonchev–Trinajstić information content (AvgIpc) is 2.94. The Bertz CT molecular complexity index is 416. The molecule has 0 radical (unpaired) electrons. The van der Waals surface area contributed by atoms with E-state index in [4.69, 9.17) is 0 Å². The molecule has 1 N–H and O–H groups in total. The summed E-state index contributed by atoms with van der Waals surface area (Å²) in [5.74, 6) is 0.638. The highest BCUT2D eigenvalue weighted by Gasteiger charge is 2.54. The third-order valence-corrected chi connectivity index (χ3v) is 3.51. The number of hydrogen-bond acceptors (Lipinski definition) is 2. The zero-order valence-electron chi connectivity index (χ0n) is 7.92. The minimum atomic E-state index is -0.279. The first kappa shape index (κ1) is 8.04. The normalized spacial score (nSPS) is 22.1. The summed E-state index contributed by atoms with van der Waals surface area (Å²) in [6.07, 6.45) is 3.30. The number of carbonyl (C=O) groups excluding carboxylic acids is 1. The van der Waals surface area contributed by atoms with Crippen LogP contribution in [0.4, 0.5) is 0 Å². The van der Waals surface area contributed by atoms with E-state index in [1.807, 2.05) is 12.1 Å². The van der Waals surface area contributed by atoms with Crippen LogP contribution in [0, 0.1) is 0 Å². The number of carbonyl (C=O) groups is 1. The molecular formula is C12H12O2. The Kier molecular flexibility index (Phi) is 1.37. The highest BCUT2D eigenvalue weighted by molar-refractivity contribution is 5.96. The zero-order valence-corrected chi connectivity index (χ0v) is 7.92. The van der Waals surface area contributed by atoms with E-state index in [0.29, 0.717) is 18.0 Å². The number of fused-ring (bicyclic) bond motifs is 2. The maximum absolute atomic E-state index is 11.8. The molecule has 2 heteroatoms. The van der Waals surface area contributed by atoms with Crippen molar-refractivity contribution in [3.8, 4) is 5.75 Å². The van der Waals surface area contributed by atoms with E-state index in [-0.39, 0.29) is 5.41 Å². The van der Waals surface area contributed by atoms with Gasteiger partial charge in [-0.05, 0) is 30.9 Å². The van der Waals surface area contributed by atoms with Gasteiger partial charge in [0.25, 0.3) is 0 Å². The van der Waals surface area contributed by atoms with E-state index < -0.39 is 0 Å². The van der Waals surface area contributed by atoms with Crippen LogP contribution in [0.3, 0.4) is 0 Å². The number of aromatic hydroxyl groups is 1. The lowest BCUT2D eigenvalue weighted by atomic mass is 9.79. The number of hydrogen-bond donors (Lipinski definition) is 1. The molecule has 2 aliphatic carbocycles. The lowest BCUT2D eigenvalue weighted by Crippen LogP contribution is -2.27. The summed E-state index contributed by atoms with van der Waals surface area (Å²) >= 11 is 0. The second-order valence-corrected chi connectivity index (χ2v) is 4.32. The summed E-state index contributed by atoms with van der Waals surface area (Å²) in [6.45, 7) is 0. The molecule has 0 bridgehead atoms. The van der Waals surface area contributed by atoms with Gasteiger partial charge >= 0.3 is 0 Å². The van der Waals surface area contributed by atoms with Crippen LogP contribution >= 0.6 is 0 Å². The van der Waals surface area contributed by atoms with Gasteiger partial charge in [0, 0.05) is 12.0 Å². The Morgan fingerprint density at radius 2 is 2.00 bits per heavy atom. The molecule has 1 fully saturated rings. The number of Topliss-reactive ketones (excluding diaryl/α,β-unsaturated/α-hetero) is 1. The smallest absolute Gasteiger partial charge is 0.143 e. The van der Waals surface area contributed by atoms with E-state index in [1.165, 1.54) is 5.56 Å². The number of phenolic OH excluding ortho intramolecular Hbond substituents is 1. The number of rotatable bonds is 0. The van der Waals surface area contributed by atoms with Gasteiger partial charge in [0.15, 0.2) is 0 Å². The minimum Gasteiger partial charge on any atom is -0.508 e. The molecule has 2 nitrogen and oxygen atoms in total. The van der Waals surface area contributed by atoms with Gasteiger partial charge in [-0.25, -0.2) is 0 Å². The second kappa shape index (κ2) is 2.38. The summed E-state index contributed by atoms with van der Waals surface area (Å²) in [5.41, 5.74) is 1.82. The number of benzene rings is 1. The predicted molar refractivity (Wildman–Crippen MR) is 52.3 cm³/mol. The molecule has 0 aromatic heterocycles. The first-order valence-corrected chi connectivity index (χ1v) is 5.09. The van der Waals surface area contributed by atoms with Crippen molar-refractivity contribution in [2.45, 2.75) is 31.1 Å². The van der Waals surface area contributed by atoms with Crippen LogP contribution in [0.15, 0.2) is 18.2 Å². The monoisotopic (exact) mass is 188 g/mol. The molecule has 2 aliphatic rings. The van der Waals surface area contributed by atoms with Crippen LogP contribution < -0.4 is 0 Å². The number of phenols is 1. The van der Waals surface area contributed by atoms with Crippen LogP contribution in [0.5, 0.6) is 5.75 Å². The first-order valence-electron chi connectivity index (χ1n) is 5.09. The molecule has 1 saturated carbocycles. The molecule has 0 unspecified atom stereocenters.